The highest BCUT2D eigenvalue weighted by atomic mass is 16.4. The lowest BCUT2D eigenvalue weighted by molar-refractivity contribution is -0.145. The van der Waals surface area contributed by atoms with Gasteiger partial charge in [0.1, 0.15) is 5.54 Å². The number of aliphatic carboxylic acids is 1. The average molecular weight is 299 g/mol. The molecular weight excluding hydrogens is 266 g/mol. The standard InChI is InChI=1S/C16H33N3O2/c1-5-16(17-2,15(20)21)9-6-10-19-11-7-14(8-12-19)13-18(3)4/h14,17H,5-13H2,1-4H3,(H,20,21). The maximum absolute atomic E-state index is 11.4. The summed E-state index contributed by atoms with van der Waals surface area (Å²) in [5.41, 5.74) is -0.747. The van der Waals surface area contributed by atoms with E-state index in [4.69, 9.17) is 0 Å². The van der Waals surface area contributed by atoms with E-state index in [-0.39, 0.29) is 0 Å². The minimum atomic E-state index is -0.747. The summed E-state index contributed by atoms with van der Waals surface area (Å²) in [7, 11) is 6.03. The molecule has 124 valence electrons. The minimum Gasteiger partial charge on any atom is -0.480 e. The number of rotatable bonds is 9. The molecule has 5 heteroatoms. The largest absolute Gasteiger partial charge is 0.480 e. The van der Waals surface area contributed by atoms with Crippen LogP contribution in [0.1, 0.15) is 39.0 Å². The Balaban J connectivity index is 2.29. The fraction of sp³-hybridized carbons (Fsp3) is 0.938. The van der Waals surface area contributed by atoms with Gasteiger partial charge in [-0.15, -0.1) is 0 Å². The van der Waals surface area contributed by atoms with Crippen molar-refractivity contribution in [3.8, 4) is 0 Å². The smallest absolute Gasteiger partial charge is 0.323 e. The van der Waals surface area contributed by atoms with E-state index < -0.39 is 11.5 Å². The molecule has 1 atom stereocenters. The predicted octanol–water partition coefficient (Wildman–Crippen LogP) is 1.49. The molecule has 1 rings (SSSR count). The van der Waals surface area contributed by atoms with Crippen LogP contribution in [-0.2, 0) is 4.79 Å². The first-order valence-corrected chi connectivity index (χ1v) is 8.23. The molecule has 0 saturated carbocycles. The molecule has 21 heavy (non-hydrogen) atoms. The molecular formula is C16H33N3O2. The molecule has 0 amide bonds. The third-order valence-electron chi connectivity index (χ3n) is 4.90. The van der Waals surface area contributed by atoms with E-state index >= 15 is 0 Å². The number of nitrogens with zero attached hydrogens (tertiary/aromatic N) is 2. The number of hydrogen-bond donors (Lipinski definition) is 2. The normalized spacial score (nSPS) is 20.6. The number of carboxylic acids is 1. The summed E-state index contributed by atoms with van der Waals surface area (Å²) in [6.45, 7) is 6.46. The van der Waals surface area contributed by atoms with Gasteiger partial charge in [0, 0.05) is 6.54 Å². The zero-order chi connectivity index (χ0) is 15.9. The Hall–Kier alpha value is -0.650. The first-order valence-electron chi connectivity index (χ1n) is 8.23. The molecule has 0 radical (unpaired) electrons. The van der Waals surface area contributed by atoms with Crippen molar-refractivity contribution < 1.29 is 9.90 Å². The van der Waals surface area contributed by atoms with Crippen molar-refractivity contribution in [2.45, 2.75) is 44.6 Å². The average Bonchev–Trinajstić information content (AvgIpc) is 2.45. The van der Waals surface area contributed by atoms with Gasteiger partial charge < -0.3 is 20.2 Å². The van der Waals surface area contributed by atoms with Crippen LogP contribution in [0.25, 0.3) is 0 Å². The fourth-order valence-corrected chi connectivity index (χ4v) is 3.36. The zero-order valence-corrected chi connectivity index (χ0v) is 14.2. The molecule has 0 bridgehead atoms. The van der Waals surface area contributed by atoms with Gasteiger partial charge in [-0.1, -0.05) is 6.92 Å². The zero-order valence-electron chi connectivity index (χ0n) is 14.2. The molecule has 5 nitrogen and oxygen atoms in total. The third-order valence-corrected chi connectivity index (χ3v) is 4.90. The van der Waals surface area contributed by atoms with Gasteiger partial charge in [0.15, 0.2) is 0 Å². The van der Waals surface area contributed by atoms with E-state index in [1.807, 2.05) is 6.92 Å². The molecule has 1 aliphatic rings. The van der Waals surface area contributed by atoms with Crippen molar-refractivity contribution in [1.82, 2.24) is 15.1 Å². The number of carbonyl (C=O) groups is 1. The van der Waals surface area contributed by atoms with Gasteiger partial charge in [0.25, 0.3) is 0 Å². The number of likely N-dealkylation sites (N-methyl/N-ethyl adjacent to an activating group) is 1. The number of carboxylic acid groups (broad SMARTS) is 1. The van der Waals surface area contributed by atoms with Gasteiger partial charge in [-0.05, 0) is 78.8 Å². The lowest BCUT2D eigenvalue weighted by Crippen LogP contribution is -2.50. The molecule has 1 aliphatic heterocycles. The predicted molar refractivity (Wildman–Crippen MR) is 86.7 cm³/mol. The van der Waals surface area contributed by atoms with E-state index in [1.54, 1.807) is 7.05 Å². The molecule has 0 aromatic carbocycles. The summed E-state index contributed by atoms with van der Waals surface area (Å²) >= 11 is 0. The highest BCUT2D eigenvalue weighted by Gasteiger charge is 2.34. The van der Waals surface area contributed by atoms with Crippen LogP contribution in [0.3, 0.4) is 0 Å². The van der Waals surface area contributed by atoms with Crippen LogP contribution in [-0.4, -0.2) is 73.7 Å². The van der Waals surface area contributed by atoms with Gasteiger partial charge >= 0.3 is 5.97 Å². The molecule has 2 N–H and O–H groups in total. The van der Waals surface area contributed by atoms with E-state index in [0.29, 0.717) is 12.8 Å². The van der Waals surface area contributed by atoms with Crippen molar-refractivity contribution in [3.63, 3.8) is 0 Å². The van der Waals surface area contributed by atoms with Crippen molar-refractivity contribution in [2.75, 3.05) is 47.3 Å². The summed E-state index contributed by atoms with van der Waals surface area (Å²) in [5, 5.41) is 12.4. The van der Waals surface area contributed by atoms with Crippen LogP contribution >= 0.6 is 0 Å². The highest BCUT2D eigenvalue weighted by Crippen LogP contribution is 2.21. The second-order valence-corrected chi connectivity index (χ2v) is 6.64. The van der Waals surface area contributed by atoms with E-state index in [0.717, 1.165) is 32.0 Å². The van der Waals surface area contributed by atoms with Crippen molar-refractivity contribution in [3.05, 3.63) is 0 Å². The van der Waals surface area contributed by atoms with Crippen molar-refractivity contribution >= 4 is 5.97 Å². The Morgan fingerprint density at radius 3 is 2.43 bits per heavy atom. The lowest BCUT2D eigenvalue weighted by Gasteiger charge is -2.34. The van der Waals surface area contributed by atoms with Gasteiger partial charge in [-0.25, -0.2) is 0 Å². The Morgan fingerprint density at radius 1 is 1.38 bits per heavy atom. The molecule has 1 fully saturated rings. The molecule has 0 aliphatic carbocycles. The van der Waals surface area contributed by atoms with Crippen LogP contribution in [0, 0.1) is 5.92 Å². The van der Waals surface area contributed by atoms with Crippen molar-refractivity contribution in [2.24, 2.45) is 5.92 Å². The van der Waals surface area contributed by atoms with E-state index in [9.17, 15) is 9.90 Å². The van der Waals surface area contributed by atoms with Gasteiger partial charge in [-0.2, -0.15) is 0 Å². The SMILES string of the molecule is CCC(CCCN1CCC(CN(C)C)CC1)(NC)C(=O)O. The Kier molecular flexibility index (Phi) is 7.63. The Labute approximate surface area is 129 Å². The second kappa shape index (κ2) is 8.71. The first-order chi connectivity index (χ1) is 9.93. The first kappa shape index (κ1) is 18.4. The minimum absolute atomic E-state index is 0.629. The number of likely N-dealkylation sites (tertiary alicyclic amines) is 1. The number of hydrogen-bond acceptors (Lipinski definition) is 4. The van der Waals surface area contributed by atoms with E-state index in [2.05, 4.69) is 29.2 Å². The van der Waals surface area contributed by atoms with Gasteiger partial charge in [-0.3, -0.25) is 4.79 Å². The van der Waals surface area contributed by atoms with Gasteiger partial charge in [0.05, 0.1) is 0 Å². The van der Waals surface area contributed by atoms with Crippen LogP contribution in [0.2, 0.25) is 0 Å². The highest BCUT2D eigenvalue weighted by molar-refractivity contribution is 5.78. The summed E-state index contributed by atoms with van der Waals surface area (Å²) in [6.07, 6.45) is 4.81. The quantitative estimate of drug-likeness (QED) is 0.675. The monoisotopic (exact) mass is 299 g/mol. The third kappa shape index (κ3) is 5.57. The Bertz CT molecular complexity index is 309. The molecule has 0 aromatic heterocycles. The molecule has 1 unspecified atom stereocenters. The summed E-state index contributed by atoms with van der Waals surface area (Å²) in [5.74, 6) is 0.0968. The van der Waals surface area contributed by atoms with Crippen LogP contribution in [0.4, 0.5) is 0 Å². The summed E-state index contributed by atoms with van der Waals surface area (Å²) in [4.78, 5) is 16.2. The fourth-order valence-electron chi connectivity index (χ4n) is 3.36. The molecule has 1 saturated heterocycles. The Morgan fingerprint density at radius 2 is 2.00 bits per heavy atom. The maximum atomic E-state index is 11.4. The lowest BCUT2D eigenvalue weighted by atomic mass is 9.90. The second-order valence-electron chi connectivity index (χ2n) is 6.64. The molecule has 1 heterocycles. The topological polar surface area (TPSA) is 55.8 Å². The van der Waals surface area contributed by atoms with Crippen LogP contribution in [0.15, 0.2) is 0 Å². The number of piperidine rings is 1. The molecule has 0 spiro atoms. The van der Waals surface area contributed by atoms with Gasteiger partial charge in [0.2, 0.25) is 0 Å². The van der Waals surface area contributed by atoms with Crippen LogP contribution < -0.4 is 5.32 Å². The van der Waals surface area contributed by atoms with Crippen LogP contribution in [0.5, 0.6) is 0 Å². The van der Waals surface area contributed by atoms with Crippen molar-refractivity contribution in [1.29, 1.82) is 0 Å². The number of nitrogens with one attached hydrogen (secondary N) is 1. The van der Waals surface area contributed by atoms with E-state index in [1.165, 1.54) is 19.4 Å². The molecule has 0 aromatic rings. The summed E-state index contributed by atoms with van der Waals surface area (Å²) < 4.78 is 0. The maximum Gasteiger partial charge on any atom is 0.323 e. The summed E-state index contributed by atoms with van der Waals surface area (Å²) in [6, 6.07) is 0.